The summed E-state index contributed by atoms with van der Waals surface area (Å²) < 4.78 is 7.62. The Morgan fingerprint density at radius 2 is 2.15 bits per heavy atom. The maximum absolute atomic E-state index is 5.45. The minimum absolute atomic E-state index is 0.772. The lowest BCUT2D eigenvalue weighted by molar-refractivity contribution is 0.406. The molecule has 4 nitrogen and oxygen atoms in total. The van der Waals surface area contributed by atoms with Gasteiger partial charge in [-0.25, -0.2) is 0 Å². The molecule has 0 aliphatic rings. The van der Waals surface area contributed by atoms with Crippen molar-refractivity contribution in [3.63, 3.8) is 0 Å². The monoisotopic (exact) mass is 273 g/mol. The Morgan fingerprint density at radius 3 is 2.85 bits per heavy atom. The zero-order valence-corrected chi connectivity index (χ0v) is 12.7. The van der Waals surface area contributed by atoms with Gasteiger partial charge in [-0.05, 0) is 32.0 Å². The highest BCUT2D eigenvalue weighted by Gasteiger charge is 2.09. The van der Waals surface area contributed by atoms with E-state index in [0.717, 1.165) is 42.2 Å². The van der Waals surface area contributed by atoms with Crippen LogP contribution in [-0.4, -0.2) is 23.2 Å². The second-order valence-corrected chi connectivity index (χ2v) is 5.02. The van der Waals surface area contributed by atoms with Gasteiger partial charge in [0, 0.05) is 36.3 Å². The number of hydrogen-bond donors (Lipinski definition) is 1. The minimum Gasteiger partial charge on any atom is -0.496 e. The second kappa shape index (κ2) is 6.57. The summed E-state index contributed by atoms with van der Waals surface area (Å²) in [6.45, 7) is 8.87. The molecule has 1 N–H and O–H groups in total. The van der Waals surface area contributed by atoms with Crippen molar-refractivity contribution in [2.75, 3.05) is 13.7 Å². The Morgan fingerprint density at radius 1 is 1.35 bits per heavy atom. The molecule has 0 spiro atoms. The van der Waals surface area contributed by atoms with Gasteiger partial charge >= 0.3 is 0 Å². The third-order valence-electron chi connectivity index (χ3n) is 3.47. The van der Waals surface area contributed by atoms with E-state index >= 15 is 0 Å². The van der Waals surface area contributed by atoms with Gasteiger partial charge in [0.1, 0.15) is 5.75 Å². The van der Waals surface area contributed by atoms with E-state index in [1.165, 1.54) is 5.56 Å². The van der Waals surface area contributed by atoms with Crippen LogP contribution in [0.2, 0.25) is 0 Å². The Hall–Kier alpha value is -1.81. The number of ether oxygens (including phenoxy) is 1. The molecule has 0 fully saturated rings. The van der Waals surface area contributed by atoms with Crippen molar-refractivity contribution in [2.24, 2.45) is 0 Å². The maximum atomic E-state index is 5.45. The molecule has 2 heterocycles. The summed E-state index contributed by atoms with van der Waals surface area (Å²) in [4.78, 5) is 4.54. The molecule has 0 atom stereocenters. The number of nitrogens with zero attached hydrogens (tertiary/aromatic N) is 2. The molecule has 2 aromatic heterocycles. The SMILES string of the molecule is CCNCc1ccn(Cc2ncc(C)c(OC)c2C)c1. The van der Waals surface area contributed by atoms with Crippen molar-refractivity contribution in [3.8, 4) is 5.75 Å². The van der Waals surface area contributed by atoms with Gasteiger partial charge in [0.2, 0.25) is 0 Å². The van der Waals surface area contributed by atoms with Crippen LogP contribution in [0.1, 0.15) is 29.3 Å². The topological polar surface area (TPSA) is 39.1 Å². The van der Waals surface area contributed by atoms with Crippen LogP contribution in [0.4, 0.5) is 0 Å². The molecule has 0 bridgehead atoms. The van der Waals surface area contributed by atoms with Crippen molar-refractivity contribution < 1.29 is 4.74 Å². The predicted octanol–water partition coefficient (Wildman–Crippen LogP) is 2.67. The fourth-order valence-corrected chi connectivity index (χ4v) is 2.37. The van der Waals surface area contributed by atoms with Gasteiger partial charge in [-0.3, -0.25) is 4.98 Å². The van der Waals surface area contributed by atoms with E-state index in [1.54, 1.807) is 7.11 Å². The predicted molar refractivity (Wildman–Crippen MR) is 81.2 cm³/mol. The van der Waals surface area contributed by atoms with Crippen molar-refractivity contribution in [2.45, 2.75) is 33.9 Å². The van der Waals surface area contributed by atoms with E-state index in [9.17, 15) is 0 Å². The summed E-state index contributed by atoms with van der Waals surface area (Å²) in [5.41, 5.74) is 4.55. The maximum Gasteiger partial charge on any atom is 0.128 e. The first-order valence-corrected chi connectivity index (χ1v) is 7.00. The van der Waals surface area contributed by atoms with E-state index < -0.39 is 0 Å². The number of nitrogens with one attached hydrogen (secondary N) is 1. The molecule has 0 aliphatic carbocycles. The molecular weight excluding hydrogens is 250 g/mol. The largest absolute Gasteiger partial charge is 0.496 e. The van der Waals surface area contributed by atoms with Gasteiger partial charge < -0.3 is 14.6 Å². The van der Waals surface area contributed by atoms with E-state index in [2.05, 4.69) is 47.2 Å². The molecule has 0 unspecified atom stereocenters. The Bertz CT molecular complexity index is 575. The summed E-state index contributed by atoms with van der Waals surface area (Å²) in [5, 5.41) is 3.33. The van der Waals surface area contributed by atoms with Crippen molar-refractivity contribution in [1.82, 2.24) is 14.9 Å². The molecule has 0 saturated carbocycles. The van der Waals surface area contributed by atoms with Crippen LogP contribution >= 0.6 is 0 Å². The van der Waals surface area contributed by atoms with Gasteiger partial charge in [0.15, 0.2) is 0 Å². The van der Waals surface area contributed by atoms with Crippen LogP contribution in [0, 0.1) is 13.8 Å². The number of rotatable bonds is 6. The summed E-state index contributed by atoms with van der Waals surface area (Å²) in [6, 6.07) is 2.14. The third kappa shape index (κ3) is 3.20. The van der Waals surface area contributed by atoms with Crippen LogP contribution in [0.5, 0.6) is 5.75 Å². The molecule has 4 heteroatoms. The molecule has 0 radical (unpaired) electrons. The average Bonchev–Trinajstić information content (AvgIpc) is 2.88. The minimum atomic E-state index is 0.772. The van der Waals surface area contributed by atoms with Gasteiger partial charge in [-0.15, -0.1) is 0 Å². The summed E-state index contributed by atoms with van der Waals surface area (Å²) in [5.74, 6) is 0.940. The van der Waals surface area contributed by atoms with Crippen LogP contribution in [0.25, 0.3) is 0 Å². The fraction of sp³-hybridized carbons (Fsp3) is 0.438. The normalized spacial score (nSPS) is 10.8. The van der Waals surface area contributed by atoms with E-state index in [4.69, 9.17) is 4.74 Å². The first-order valence-electron chi connectivity index (χ1n) is 7.00. The number of methoxy groups -OCH3 is 1. The van der Waals surface area contributed by atoms with Gasteiger partial charge in [0.25, 0.3) is 0 Å². The Labute approximate surface area is 120 Å². The van der Waals surface area contributed by atoms with E-state index in [-0.39, 0.29) is 0 Å². The lowest BCUT2D eigenvalue weighted by Crippen LogP contribution is -2.11. The summed E-state index contributed by atoms with van der Waals surface area (Å²) in [7, 11) is 1.71. The van der Waals surface area contributed by atoms with Gasteiger partial charge in [-0.2, -0.15) is 0 Å². The molecule has 2 aromatic rings. The lowest BCUT2D eigenvalue weighted by atomic mass is 10.1. The highest BCUT2D eigenvalue weighted by atomic mass is 16.5. The average molecular weight is 273 g/mol. The molecule has 0 amide bonds. The van der Waals surface area contributed by atoms with Crippen molar-refractivity contribution in [1.29, 1.82) is 0 Å². The highest BCUT2D eigenvalue weighted by Crippen LogP contribution is 2.24. The van der Waals surface area contributed by atoms with Gasteiger partial charge in [-0.1, -0.05) is 6.92 Å². The number of aromatic nitrogens is 2. The third-order valence-corrected chi connectivity index (χ3v) is 3.47. The van der Waals surface area contributed by atoms with Crippen molar-refractivity contribution in [3.05, 3.63) is 47.0 Å². The number of aryl methyl sites for hydroxylation is 1. The summed E-state index contributed by atoms with van der Waals surface area (Å²) >= 11 is 0. The lowest BCUT2D eigenvalue weighted by Gasteiger charge is -2.12. The van der Waals surface area contributed by atoms with Crippen LogP contribution in [0.3, 0.4) is 0 Å². The second-order valence-electron chi connectivity index (χ2n) is 5.02. The smallest absolute Gasteiger partial charge is 0.128 e. The van der Waals surface area contributed by atoms with E-state index in [1.807, 2.05) is 13.1 Å². The van der Waals surface area contributed by atoms with Crippen LogP contribution in [0.15, 0.2) is 24.7 Å². The Balaban J connectivity index is 2.15. The van der Waals surface area contributed by atoms with Crippen LogP contribution < -0.4 is 10.1 Å². The summed E-state index contributed by atoms with van der Waals surface area (Å²) in [6.07, 6.45) is 6.14. The van der Waals surface area contributed by atoms with Gasteiger partial charge in [0.05, 0.1) is 19.3 Å². The molecule has 0 aromatic carbocycles. The van der Waals surface area contributed by atoms with Crippen molar-refractivity contribution >= 4 is 0 Å². The molecule has 0 saturated heterocycles. The quantitative estimate of drug-likeness (QED) is 0.879. The molecule has 0 aliphatic heterocycles. The Kier molecular flexibility index (Phi) is 4.79. The standard InChI is InChI=1S/C16H23N3O/c1-5-17-9-14-6-7-19(10-14)11-15-13(3)16(20-4)12(2)8-18-15/h6-8,10,17H,5,9,11H2,1-4H3. The molecule has 108 valence electrons. The number of hydrogen-bond acceptors (Lipinski definition) is 3. The van der Waals surface area contributed by atoms with E-state index in [0.29, 0.717) is 0 Å². The first kappa shape index (κ1) is 14.6. The highest BCUT2D eigenvalue weighted by molar-refractivity contribution is 5.41. The molecular formula is C16H23N3O. The zero-order valence-electron chi connectivity index (χ0n) is 12.7. The molecule has 2 rings (SSSR count). The molecule has 20 heavy (non-hydrogen) atoms. The first-order chi connectivity index (χ1) is 9.65. The zero-order chi connectivity index (χ0) is 14.5. The number of pyridine rings is 1. The van der Waals surface area contributed by atoms with Crippen LogP contribution in [-0.2, 0) is 13.1 Å². The fourth-order valence-electron chi connectivity index (χ4n) is 2.37.